The Morgan fingerprint density at radius 2 is 2.13 bits per heavy atom. The Kier molecular flexibility index (Phi) is 2.94. The van der Waals surface area contributed by atoms with E-state index in [4.69, 9.17) is 5.73 Å². The summed E-state index contributed by atoms with van der Waals surface area (Å²) in [7, 11) is 0. The Balaban J connectivity index is 2.21. The van der Waals surface area contributed by atoms with Gasteiger partial charge in [0.2, 0.25) is 0 Å². The molecule has 0 aliphatic heterocycles. The minimum atomic E-state index is -0.236. The van der Waals surface area contributed by atoms with Crippen LogP contribution >= 0.6 is 0 Å². The zero-order valence-corrected chi connectivity index (χ0v) is 9.17. The molecule has 1 aliphatic rings. The van der Waals surface area contributed by atoms with Gasteiger partial charge in [0.05, 0.1) is 0 Å². The van der Waals surface area contributed by atoms with E-state index in [-0.39, 0.29) is 5.82 Å². The zero-order chi connectivity index (χ0) is 10.8. The van der Waals surface area contributed by atoms with Gasteiger partial charge < -0.3 is 5.73 Å². The van der Waals surface area contributed by atoms with Gasteiger partial charge in [0.25, 0.3) is 0 Å². The van der Waals surface area contributed by atoms with Crippen LogP contribution in [0, 0.1) is 11.7 Å². The van der Waals surface area contributed by atoms with Crippen molar-refractivity contribution in [1.29, 1.82) is 0 Å². The number of nitrogen functional groups attached to an aromatic ring is 1. The van der Waals surface area contributed by atoms with Crippen LogP contribution < -0.4 is 5.73 Å². The molecule has 0 spiro atoms. The van der Waals surface area contributed by atoms with Crippen LogP contribution in [0.5, 0.6) is 0 Å². The molecule has 2 heteroatoms. The first kappa shape index (κ1) is 10.5. The maximum atomic E-state index is 12.9. The third kappa shape index (κ3) is 2.31. The van der Waals surface area contributed by atoms with Gasteiger partial charge in [0.1, 0.15) is 5.82 Å². The SMILES string of the molecule is C[C@@H]1CCC[C@H](c2ccc(F)cc2N)C1. The second-order valence-electron chi connectivity index (χ2n) is 4.74. The fourth-order valence-electron chi connectivity index (χ4n) is 2.63. The van der Waals surface area contributed by atoms with E-state index >= 15 is 0 Å². The van der Waals surface area contributed by atoms with E-state index in [1.165, 1.54) is 37.8 Å². The standard InChI is InChI=1S/C13H18FN/c1-9-3-2-4-10(7-9)12-6-5-11(14)8-13(12)15/h5-6,8-10H,2-4,7,15H2,1H3/t9-,10+/m1/s1. The fourth-order valence-corrected chi connectivity index (χ4v) is 2.63. The van der Waals surface area contributed by atoms with Crippen LogP contribution in [0.25, 0.3) is 0 Å². The molecule has 0 unspecified atom stereocenters. The number of nitrogens with two attached hydrogens (primary N) is 1. The number of hydrogen-bond acceptors (Lipinski definition) is 1. The molecule has 0 aromatic heterocycles. The summed E-state index contributed by atoms with van der Waals surface area (Å²) < 4.78 is 12.9. The summed E-state index contributed by atoms with van der Waals surface area (Å²) in [4.78, 5) is 0. The molecule has 82 valence electrons. The Bertz CT molecular complexity index is 348. The van der Waals surface area contributed by atoms with Gasteiger partial charge in [0.15, 0.2) is 0 Å². The molecule has 0 bridgehead atoms. The van der Waals surface area contributed by atoms with Gasteiger partial charge in [-0.25, -0.2) is 4.39 Å². The van der Waals surface area contributed by atoms with E-state index in [0.29, 0.717) is 11.6 Å². The Morgan fingerprint density at radius 3 is 2.80 bits per heavy atom. The molecule has 0 heterocycles. The number of halogens is 1. The van der Waals surface area contributed by atoms with Crippen molar-refractivity contribution in [3.8, 4) is 0 Å². The number of anilines is 1. The minimum absolute atomic E-state index is 0.236. The average Bonchev–Trinajstić information content (AvgIpc) is 2.17. The predicted octanol–water partition coefficient (Wildman–Crippen LogP) is 3.70. The highest BCUT2D eigenvalue weighted by molar-refractivity contribution is 5.49. The highest BCUT2D eigenvalue weighted by atomic mass is 19.1. The topological polar surface area (TPSA) is 26.0 Å². The summed E-state index contributed by atoms with van der Waals surface area (Å²) in [5.74, 6) is 1.07. The van der Waals surface area contributed by atoms with E-state index in [1.54, 1.807) is 0 Å². The van der Waals surface area contributed by atoms with E-state index in [1.807, 2.05) is 6.07 Å². The van der Waals surface area contributed by atoms with Gasteiger partial charge >= 0.3 is 0 Å². The lowest BCUT2D eigenvalue weighted by molar-refractivity contribution is 0.344. The quantitative estimate of drug-likeness (QED) is 0.698. The summed E-state index contributed by atoms with van der Waals surface area (Å²) in [5.41, 5.74) is 7.62. The Hall–Kier alpha value is -1.05. The molecule has 2 atom stereocenters. The molecular weight excluding hydrogens is 189 g/mol. The third-order valence-corrected chi connectivity index (χ3v) is 3.43. The summed E-state index contributed by atoms with van der Waals surface area (Å²) in [6.45, 7) is 2.28. The Morgan fingerprint density at radius 1 is 1.33 bits per heavy atom. The summed E-state index contributed by atoms with van der Waals surface area (Å²) >= 11 is 0. The second kappa shape index (κ2) is 4.21. The largest absolute Gasteiger partial charge is 0.398 e. The molecule has 1 aliphatic carbocycles. The van der Waals surface area contributed by atoms with Crippen molar-refractivity contribution in [2.45, 2.75) is 38.5 Å². The number of hydrogen-bond donors (Lipinski definition) is 1. The molecule has 15 heavy (non-hydrogen) atoms. The van der Waals surface area contributed by atoms with E-state index < -0.39 is 0 Å². The van der Waals surface area contributed by atoms with Crippen LogP contribution in [-0.2, 0) is 0 Å². The lowest BCUT2D eigenvalue weighted by Gasteiger charge is -2.27. The van der Waals surface area contributed by atoms with Gasteiger partial charge in [0, 0.05) is 5.69 Å². The third-order valence-electron chi connectivity index (χ3n) is 3.43. The molecule has 2 N–H and O–H groups in total. The van der Waals surface area contributed by atoms with Crippen molar-refractivity contribution in [3.05, 3.63) is 29.6 Å². The lowest BCUT2D eigenvalue weighted by Crippen LogP contribution is -2.13. The first-order valence-corrected chi connectivity index (χ1v) is 5.71. The molecule has 2 rings (SSSR count). The smallest absolute Gasteiger partial charge is 0.125 e. The second-order valence-corrected chi connectivity index (χ2v) is 4.74. The molecule has 1 fully saturated rings. The van der Waals surface area contributed by atoms with Gasteiger partial charge in [-0.05, 0) is 42.4 Å². The normalized spacial score (nSPS) is 26.5. The van der Waals surface area contributed by atoms with Crippen molar-refractivity contribution >= 4 is 5.69 Å². The highest BCUT2D eigenvalue weighted by Crippen LogP contribution is 2.38. The molecule has 0 radical (unpaired) electrons. The monoisotopic (exact) mass is 207 g/mol. The summed E-state index contributed by atoms with van der Waals surface area (Å²) in [6.07, 6.45) is 4.97. The molecule has 1 saturated carbocycles. The lowest BCUT2D eigenvalue weighted by atomic mass is 9.78. The van der Waals surface area contributed by atoms with Gasteiger partial charge in [-0.3, -0.25) is 0 Å². The van der Waals surface area contributed by atoms with Crippen LogP contribution in [-0.4, -0.2) is 0 Å². The van der Waals surface area contributed by atoms with Gasteiger partial charge in [-0.2, -0.15) is 0 Å². The van der Waals surface area contributed by atoms with Gasteiger partial charge in [-0.15, -0.1) is 0 Å². The molecule has 1 nitrogen and oxygen atoms in total. The molecule has 0 amide bonds. The van der Waals surface area contributed by atoms with E-state index in [9.17, 15) is 4.39 Å². The van der Waals surface area contributed by atoms with E-state index in [0.717, 1.165) is 11.5 Å². The Labute approximate surface area is 90.5 Å². The van der Waals surface area contributed by atoms with Crippen molar-refractivity contribution < 1.29 is 4.39 Å². The van der Waals surface area contributed by atoms with Gasteiger partial charge in [-0.1, -0.05) is 25.8 Å². The van der Waals surface area contributed by atoms with Crippen LogP contribution in [0.4, 0.5) is 10.1 Å². The van der Waals surface area contributed by atoms with E-state index in [2.05, 4.69) is 6.92 Å². The average molecular weight is 207 g/mol. The number of benzene rings is 1. The number of rotatable bonds is 1. The first-order valence-electron chi connectivity index (χ1n) is 5.71. The molecule has 0 saturated heterocycles. The van der Waals surface area contributed by atoms with Crippen molar-refractivity contribution in [2.24, 2.45) is 5.92 Å². The van der Waals surface area contributed by atoms with Crippen molar-refractivity contribution in [2.75, 3.05) is 5.73 Å². The predicted molar refractivity (Wildman–Crippen MR) is 61.2 cm³/mol. The maximum absolute atomic E-state index is 12.9. The molecule has 1 aromatic carbocycles. The van der Waals surface area contributed by atoms with Crippen molar-refractivity contribution in [3.63, 3.8) is 0 Å². The highest BCUT2D eigenvalue weighted by Gasteiger charge is 2.21. The first-order chi connectivity index (χ1) is 7.16. The maximum Gasteiger partial charge on any atom is 0.125 e. The van der Waals surface area contributed by atoms with Crippen molar-refractivity contribution in [1.82, 2.24) is 0 Å². The van der Waals surface area contributed by atoms with Crippen LogP contribution in [0.2, 0.25) is 0 Å². The zero-order valence-electron chi connectivity index (χ0n) is 9.17. The molecular formula is C13H18FN. The van der Waals surface area contributed by atoms with Crippen LogP contribution in [0.1, 0.15) is 44.1 Å². The summed E-state index contributed by atoms with van der Waals surface area (Å²) in [5, 5.41) is 0. The van der Waals surface area contributed by atoms with Crippen LogP contribution in [0.3, 0.4) is 0 Å². The molecule has 1 aromatic rings. The fraction of sp³-hybridized carbons (Fsp3) is 0.538. The minimum Gasteiger partial charge on any atom is -0.398 e. The van der Waals surface area contributed by atoms with Crippen LogP contribution in [0.15, 0.2) is 18.2 Å². The summed E-state index contributed by atoms with van der Waals surface area (Å²) in [6, 6.07) is 4.81.